The van der Waals surface area contributed by atoms with Crippen molar-refractivity contribution in [3.05, 3.63) is 22.8 Å². The molecule has 1 aliphatic rings. The van der Waals surface area contributed by atoms with Gasteiger partial charge in [-0.3, -0.25) is 0 Å². The molecule has 1 N–H and O–H groups in total. The van der Waals surface area contributed by atoms with Crippen molar-refractivity contribution in [3.8, 4) is 0 Å². The Labute approximate surface area is 121 Å². The first-order valence-corrected chi connectivity index (χ1v) is 7.65. The van der Waals surface area contributed by atoms with E-state index >= 15 is 0 Å². The second kappa shape index (κ2) is 6.58. The van der Waals surface area contributed by atoms with Crippen molar-refractivity contribution in [1.29, 1.82) is 0 Å². The van der Waals surface area contributed by atoms with Gasteiger partial charge in [-0.25, -0.2) is 4.98 Å². The highest BCUT2D eigenvalue weighted by molar-refractivity contribution is 6.31. The average molecular weight is 282 g/mol. The quantitative estimate of drug-likeness (QED) is 0.894. The van der Waals surface area contributed by atoms with E-state index in [4.69, 9.17) is 16.6 Å². The van der Waals surface area contributed by atoms with Crippen LogP contribution in [-0.4, -0.2) is 23.6 Å². The van der Waals surface area contributed by atoms with E-state index < -0.39 is 0 Å². The van der Waals surface area contributed by atoms with E-state index in [1.165, 1.54) is 19.3 Å². The second-order valence-corrected chi connectivity index (χ2v) is 5.94. The lowest BCUT2D eigenvalue weighted by Gasteiger charge is -2.25. The van der Waals surface area contributed by atoms with Crippen LogP contribution in [0.4, 0.5) is 5.82 Å². The van der Waals surface area contributed by atoms with Crippen LogP contribution < -0.4 is 10.2 Å². The molecule has 0 amide bonds. The van der Waals surface area contributed by atoms with Gasteiger partial charge in [0.05, 0.1) is 10.7 Å². The summed E-state index contributed by atoms with van der Waals surface area (Å²) in [5.74, 6) is 1.08. The summed E-state index contributed by atoms with van der Waals surface area (Å²) >= 11 is 6.24. The number of anilines is 1. The lowest BCUT2D eigenvalue weighted by atomic mass is 10.2. The summed E-state index contributed by atoms with van der Waals surface area (Å²) < 4.78 is 0. The minimum absolute atomic E-state index is 0.441. The first kappa shape index (κ1) is 14.6. The van der Waals surface area contributed by atoms with Gasteiger partial charge in [0.25, 0.3) is 0 Å². The highest BCUT2D eigenvalue weighted by Gasteiger charge is 2.24. The zero-order chi connectivity index (χ0) is 13.8. The molecule has 1 saturated heterocycles. The van der Waals surface area contributed by atoms with Crippen molar-refractivity contribution in [3.63, 3.8) is 0 Å². The van der Waals surface area contributed by atoms with Crippen LogP contribution in [0, 0.1) is 0 Å². The van der Waals surface area contributed by atoms with Gasteiger partial charge in [-0.1, -0.05) is 32.4 Å². The molecule has 0 aromatic carbocycles. The van der Waals surface area contributed by atoms with Gasteiger partial charge in [-0.15, -0.1) is 0 Å². The molecule has 3 nitrogen and oxygen atoms in total. The maximum absolute atomic E-state index is 6.24. The van der Waals surface area contributed by atoms with Gasteiger partial charge in [-0.05, 0) is 31.4 Å². The number of pyridine rings is 1. The summed E-state index contributed by atoms with van der Waals surface area (Å²) in [4.78, 5) is 7.18. The number of aromatic nitrogens is 1. The molecule has 1 aliphatic heterocycles. The molecule has 1 aromatic heterocycles. The van der Waals surface area contributed by atoms with Crippen LogP contribution in [0.5, 0.6) is 0 Å². The Bertz CT molecular complexity index is 420. The highest BCUT2D eigenvalue weighted by atomic mass is 35.5. The van der Waals surface area contributed by atoms with Gasteiger partial charge in [0.15, 0.2) is 0 Å². The van der Waals surface area contributed by atoms with E-state index in [1.807, 2.05) is 6.07 Å². The summed E-state index contributed by atoms with van der Waals surface area (Å²) in [6.45, 7) is 8.36. The molecule has 106 valence electrons. The van der Waals surface area contributed by atoms with Crippen molar-refractivity contribution in [2.75, 3.05) is 11.4 Å². The molecule has 0 radical (unpaired) electrons. The third-order valence-electron chi connectivity index (χ3n) is 3.72. The zero-order valence-corrected chi connectivity index (χ0v) is 12.9. The van der Waals surface area contributed by atoms with Crippen LogP contribution in [-0.2, 0) is 6.54 Å². The van der Waals surface area contributed by atoms with Gasteiger partial charge in [0.2, 0.25) is 0 Å². The number of rotatable bonds is 5. The number of nitrogens with one attached hydrogen (secondary N) is 1. The summed E-state index contributed by atoms with van der Waals surface area (Å²) in [6.07, 6.45) is 3.73. The van der Waals surface area contributed by atoms with E-state index in [-0.39, 0.29) is 0 Å². The Morgan fingerprint density at radius 2 is 2.26 bits per heavy atom. The lowest BCUT2D eigenvalue weighted by Crippen LogP contribution is -2.30. The van der Waals surface area contributed by atoms with E-state index in [1.54, 1.807) is 0 Å². The Morgan fingerprint density at radius 1 is 1.47 bits per heavy atom. The van der Waals surface area contributed by atoms with Crippen LogP contribution >= 0.6 is 11.6 Å². The van der Waals surface area contributed by atoms with Crippen molar-refractivity contribution in [2.45, 2.75) is 58.7 Å². The van der Waals surface area contributed by atoms with E-state index in [9.17, 15) is 0 Å². The fourth-order valence-corrected chi connectivity index (χ4v) is 2.79. The molecule has 0 spiro atoms. The predicted molar refractivity (Wildman–Crippen MR) is 81.9 cm³/mol. The Morgan fingerprint density at radius 3 is 2.95 bits per heavy atom. The summed E-state index contributed by atoms with van der Waals surface area (Å²) in [7, 11) is 0. The Balaban J connectivity index is 2.15. The fourth-order valence-electron chi connectivity index (χ4n) is 2.62. The topological polar surface area (TPSA) is 28.2 Å². The maximum Gasteiger partial charge on any atom is 0.129 e. The minimum Gasteiger partial charge on any atom is -0.354 e. The molecule has 2 rings (SSSR count). The van der Waals surface area contributed by atoms with Gasteiger partial charge >= 0.3 is 0 Å². The van der Waals surface area contributed by atoms with Crippen molar-refractivity contribution in [1.82, 2.24) is 10.3 Å². The van der Waals surface area contributed by atoms with E-state index in [0.717, 1.165) is 29.6 Å². The maximum atomic E-state index is 6.24. The van der Waals surface area contributed by atoms with E-state index in [0.29, 0.717) is 12.1 Å². The molecule has 0 saturated carbocycles. The molecule has 2 heterocycles. The molecule has 0 aliphatic carbocycles. The molecular weight excluding hydrogens is 258 g/mol. The SMILES string of the molecule is CCC1CCCN1c1ccc(Cl)c(CNC(C)C)n1. The molecule has 4 heteroatoms. The monoisotopic (exact) mass is 281 g/mol. The first-order chi connectivity index (χ1) is 9.11. The molecule has 0 bridgehead atoms. The molecule has 1 unspecified atom stereocenters. The van der Waals surface area contributed by atoms with Crippen LogP contribution in [0.15, 0.2) is 12.1 Å². The van der Waals surface area contributed by atoms with Crippen molar-refractivity contribution < 1.29 is 0 Å². The number of nitrogens with zero attached hydrogens (tertiary/aromatic N) is 2. The Hall–Kier alpha value is -0.800. The molecular formula is C15H24ClN3. The molecule has 1 aromatic rings. The summed E-state index contributed by atoms with van der Waals surface area (Å²) in [5, 5.41) is 4.13. The average Bonchev–Trinajstić information content (AvgIpc) is 2.86. The summed E-state index contributed by atoms with van der Waals surface area (Å²) in [5.41, 5.74) is 0.953. The van der Waals surface area contributed by atoms with Crippen LogP contribution in [0.1, 0.15) is 45.7 Å². The molecule has 1 atom stereocenters. The molecule has 19 heavy (non-hydrogen) atoms. The van der Waals surface area contributed by atoms with Crippen molar-refractivity contribution in [2.24, 2.45) is 0 Å². The van der Waals surface area contributed by atoms with Gasteiger partial charge < -0.3 is 10.2 Å². The van der Waals surface area contributed by atoms with Gasteiger partial charge in [0.1, 0.15) is 5.82 Å². The zero-order valence-electron chi connectivity index (χ0n) is 12.1. The normalized spacial score (nSPS) is 19.4. The van der Waals surface area contributed by atoms with Gasteiger partial charge in [-0.2, -0.15) is 0 Å². The van der Waals surface area contributed by atoms with Crippen molar-refractivity contribution >= 4 is 17.4 Å². The number of halogens is 1. The van der Waals surface area contributed by atoms with Crippen LogP contribution in [0.25, 0.3) is 0 Å². The largest absolute Gasteiger partial charge is 0.354 e. The summed E-state index contributed by atoms with van der Waals surface area (Å²) in [6, 6.07) is 5.11. The third-order valence-corrected chi connectivity index (χ3v) is 4.07. The first-order valence-electron chi connectivity index (χ1n) is 7.27. The third kappa shape index (κ3) is 3.61. The fraction of sp³-hybridized carbons (Fsp3) is 0.667. The smallest absolute Gasteiger partial charge is 0.129 e. The lowest BCUT2D eigenvalue weighted by molar-refractivity contribution is 0.580. The minimum atomic E-state index is 0.441. The molecule has 1 fully saturated rings. The number of hydrogen-bond acceptors (Lipinski definition) is 3. The second-order valence-electron chi connectivity index (χ2n) is 5.53. The van der Waals surface area contributed by atoms with Gasteiger partial charge in [0, 0.05) is 25.2 Å². The Kier molecular flexibility index (Phi) is 5.06. The highest BCUT2D eigenvalue weighted by Crippen LogP contribution is 2.27. The predicted octanol–water partition coefficient (Wildman–Crippen LogP) is 3.61. The number of hydrogen-bond donors (Lipinski definition) is 1. The van der Waals surface area contributed by atoms with Crippen LogP contribution in [0.2, 0.25) is 5.02 Å². The van der Waals surface area contributed by atoms with E-state index in [2.05, 4.69) is 37.1 Å². The van der Waals surface area contributed by atoms with Crippen LogP contribution in [0.3, 0.4) is 0 Å². The standard InChI is InChI=1S/C15H24ClN3/c1-4-12-6-5-9-19(12)15-8-7-13(16)14(18-15)10-17-11(2)3/h7-8,11-12,17H,4-6,9-10H2,1-3H3.